The largest absolute Gasteiger partial charge is 0.355 e. The van der Waals surface area contributed by atoms with E-state index in [0.29, 0.717) is 0 Å². The smallest absolute Gasteiger partial charge is 0.233 e. The van der Waals surface area contributed by atoms with Crippen molar-refractivity contribution in [3.8, 4) is 0 Å². The minimum Gasteiger partial charge on any atom is -0.355 e. The third-order valence-corrected chi connectivity index (χ3v) is 5.41. The van der Waals surface area contributed by atoms with E-state index in [1.807, 2.05) is 31.2 Å². The number of fused-ring (bicyclic) bond motifs is 1. The van der Waals surface area contributed by atoms with Crippen LogP contribution < -0.4 is 5.32 Å². The number of nitrogens with zero attached hydrogens (tertiary/aromatic N) is 2. The Labute approximate surface area is 147 Å². The molecule has 0 saturated carbocycles. The number of amides is 1. The summed E-state index contributed by atoms with van der Waals surface area (Å²) in [6.45, 7) is 2.65. The van der Waals surface area contributed by atoms with Crippen LogP contribution in [0.25, 0.3) is 10.9 Å². The Hall–Kier alpha value is -1.88. The van der Waals surface area contributed by atoms with Gasteiger partial charge in [-0.2, -0.15) is 0 Å². The van der Waals surface area contributed by atoms with Crippen LogP contribution in [0.5, 0.6) is 0 Å². The molecule has 0 aliphatic heterocycles. The normalized spacial score (nSPS) is 15.8. The van der Waals surface area contributed by atoms with Gasteiger partial charge in [0.1, 0.15) is 11.4 Å². The molecule has 24 heavy (non-hydrogen) atoms. The summed E-state index contributed by atoms with van der Waals surface area (Å²) >= 11 is 1.49. The maximum absolute atomic E-state index is 12.3. The molecule has 0 fully saturated rings. The molecule has 126 valence electrons. The Bertz CT molecular complexity index is 739. The number of hydrogen-bond acceptors (Lipinski definition) is 4. The van der Waals surface area contributed by atoms with Crippen molar-refractivity contribution in [3.05, 3.63) is 42.2 Å². The van der Waals surface area contributed by atoms with Crippen molar-refractivity contribution >= 4 is 28.6 Å². The Balaban J connectivity index is 1.54. The van der Waals surface area contributed by atoms with E-state index in [-0.39, 0.29) is 11.2 Å². The van der Waals surface area contributed by atoms with Crippen LogP contribution in [0.1, 0.15) is 39.0 Å². The van der Waals surface area contributed by atoms with Gasteiger partial charge in [0, 0.05) is 11.9 Å². The zero-order valence-electron chi connectivity index (χ0n) is 14.0. The third kappa shape index (κ3) is 4.35. The zero-order chi connectivity index (χ0) is 16.8. The van der Waals surface area contributed by atoms with Gasteiger partial charge in [0.15, 0.2) is 0 Å². The number of rotatable bonds is 6. The van der Waals surface area contributed by atoms with Crippen molar-refractivity contribution < 1.29 is 4.79 Å². The lowest BCUT2D eigenvalue weighted by Crippen LogP contribution is -2.32. The fraction of sp³-hybridized carbons (Fsp3) is 0.421. The average molecular weight is 341 g/mol. The van der Waals surface area contributed by atoms with Crippen LogP contribution in [0, 0.1) is 0 Å². The number of hydrogen-bond donors (Lipinski definition) is 1. The van der Waals surface area contributed by atoms with Gasteiger partial charge >= 0.3 is 0 Å². The van der Waals surface area contributed by atoms with Gasteiger partial charge in [-0.25, -0.2) is 9.97 Å². The topological polar surface area (TPSA) is 54.9 Å². The van der Waals surface area contributed by atoms with Crippen molar-refractivity contribution in [3.63, 3.8) is 0 Å². The number of nitrogens with one attached hydrogen (secondary N) is 1. The fourth-order valence-electron chi connectivity index (χ4n) is 2.92. The van der Waals surface area contributed by atoms with Gasteiger partial charge in [0.2, 0.25) is 5.91 Å². The van der Waals surface area contributed by atoms with Gasteiger partial charge in [-0.3, -0.25) is 4.79 Å². The molecule has 0 saturated heterocycles. The number of carbonyl (C=O) groups excluding carboxylic acids is 1. The minimum absolute atomic E-state index is 0.0686. The highest BCUT2D eigenvalue weighted by molar-refractivity contribution is 8.00. The molecule has 1 aromatic carbocycles. The summed E-state index contributed by atoms with van der Waals surface area (Å²) < 4.78 is 0. The zero-order valence-corrected chi connectivity index (χ0v) is 14.8. The molecule has 1 amide bonds. The molecule has 4 nitrogen and oxygen atoms in total. The first-order valence-corrected chi connectivity index (χ1v) is 9.44. The molecular formula is C19H23N3OS. The Kier molecular flexibility index (Phi) is 5.86. The van der Waals surface area contributed by atoms with Crippen LogP contribution in [0.3, 0.4) is 0 Å². The second kappa shape index (κ2) is 8.29. The van der Waals surface area contributed by atoms with E-state index in [4.69, 9.17) is 0 Å². The minimum atomic E-state index is -0.177. The van der Waals surface area contributed by atoms with E-state index in [2.05, 4.69) is 21.4 Å². The van der Waals surface area contributed by atoms with Crippen LogP contribution in [0.15, 0.2) is 47.3 Å². The second-order valence-corrected chi connectivity index (χ2v) is 7.43. The SMILES string of the molecule is CC(Sc1ncnc2ccccc12)C(=O)NCCC1=CCCCC1. The Morgan fingerprint density at radius 3 is 3.00 bits per heavy atom. The molecule has 1 unspecified atom stereocenters. The van der Waals surface area contributed by atoms with Crippen molar-refractivity contribution in [1.82, 2.24) is 15.3 Å². The third-order valence-electron chi connectivity index (χ3n) is 4.29. The second-order valence-electron chi connectivity index (χ2n) is 6.11. The first-order valence-electron chi connectivity index (χ1n) is 8.56. The number of para-hydroxylation sites is 1. The quantitative estimate of drug-likeness (QED) is 0.488. The van der Waals surface area contributed by atoms with E-state index in [1.165, 1.54) is 43.0 Å². The monoisotopic (exact) mass is 341 g/mol. The lowest BCUT2D eigenvalue weighted by Gasteiger charge is -2.15. The molecule has 2 aromatic rings. The first kappa shape index (κ1) is 17.0. The summed E-state index contributed by atoms with van der Waals surface area (Å²) in [5.41, 5.74) is 2.40. The highest BCUT2D eigenvalue weighted by Gasteiger charge is 2.16. The van der Waals surface area contributed by atoms with Crippen molar-refractivity contribution in [2.24, 2.45) is 0 Å². The summed E-state index contributed by atoms with van der Waals surface area (Å²) in [6.07, 6.45) is 9.83. The van der Waals surface area contributed by atoms with Gasteiger partial charge < -0.3 is 5.32 Å². The lowest BCUT2D eigenvalue weighted by molar-refractivity contribution is -0.120. The van der Waals surface area contributed by atoms with Crippen LogP contribution in [-0.2, 0) is 4.79 Å². The van der Waals surface area contributed by atoms with E-state index < -0.39 is 0 Å². The molecule has 3 rings (SSSR count). The predicted molar refractivity (Wildman–Crippen MR) is 99.0 cm³/mol. The van der Waals surface area contributed by atoms with Crippen LogP contribution in [0.2, 0.25) is 0 Å². The summed E-state index contributed by atoms with van der Waals surface area (Å²) in [4.78, 5) is 20.9. The predicted octanol–water partition coefficient (Wildman–Crippen LogP) is 4.12. The summed E-state index contributed by atoms with van der Waals surface area (Å²) in [6, 6.07) is 7.89. The average Bonchev–Trinajstić information content (AvgIpc) is 2.63. The molecule has 1 atom stereocenters. The molecule has 1 aliphatic rings. The van der Waals surface area contributed by atoms with Gasteiger partial charge in [-0.05, 0) is 45.1 Å². The van der Waals surface area contributed by atoms with Crippen LogP contribution in [-0.4, -0.2) is 27.7 Å². The maximum atomic E-state index is 12.3. The molecule has 0 spiro atoms. The number of allylic oxidation sites excluding steroid dienone is 1. The summed E-state index contributed by atoms with van der Waals surface area (Å²) in [5, 5.41) is 4.73. The van der Waals surface area contributed by atoms with Gasteiger partial charge in [-0.15, -0.1) is 0 Å². The van der Waals surface area contributed by atoms with Crippen LogP contribution >= 0.6 is 11.8 Å². The molecule has 0 bridgehead atoms. The highest BCUT2D eigenvalue weighted by Crippen LogP contribution is 2.27. The number of thioether (sulfide) groups is 1. The highest BCUT2D eigenvalue weighted by atomic mass is 32.2. The number of carbonyl (C=O) groups is 1. The Morgan fingerprint density at radius 2 is 2.17 bits per heavy atom. The first-order chi connectivity index (χ1) is 11.7. The molecule has 1 aromatic heterocycles. The molecule has 1 aliphatic carbocycles. The standard InChI is InChI=1S/C19H23N3OS/c1-14(18(23)20-12-11-15-7-3-2-4-8-15)24-19-16-9-5-6-10-17(16)21-13-22-19/h5-7,9-10,13-14H,2-4,8,11-12H2,1H3,(H,20,23). The molecule has 1 heterocycles. The van der Waals surface area contributed by atoms with Crippen molar-refractivity contribution in [2.75, 3.05) is 6.54 Å². The van der Waals surface area contributed by atoms with E-state index >= 15 is 0 Å². The van der Waals surface area contributed by atoms with Crippen LogP contribution in [0.4, 0.5) is 0 Å². The van der Waals surface area contributed by atoms with Crippen molar-refractivity contribution in [2.45, 2.75) is 49.3 Å². The lowest BCUT2D eigenvalue weighted by atomic mass is 9.97. The van der Waals surface area contributed by atoms with E-state index in [9.17, 15) is 4.79 Å². The number of benzene rings is 1. The maximum Gasteiger partial charge on any atom is 0.233 e. The summed E-state index contributed by atoms with van der Waals surface area (Å²) in [7, 11) is 0. The molecule has 1 N–H and O–H groups in total. The Morgan fingerprint density at radius 1 is 1.29 bits per heavy atom. The van der Waals surface area contributed by atoms with E-state index in [1.54, 1.807) is 6.33 Å². The molecule has 5 heteroatoms. The molecule has 0 radical (unpaired) electrons. The molecular weight excluding hydrogens is 318 g/mol. The number of aromatic nitrogens is 2. The van der Waals surface area contributed by atoms with Crippen molar-refractivity contribution in [1.29, 1.82) is 0 Å². The fourth-order valence-corrected chi connectivity index (χ4v) is 3.85. The van der Waals surface area contributed by atoms with Gasteiger partial charge in [-0.1, -0.05) is 41.6 Å². The van der Waals surface area contributed by atoms with E-state index in [0.717, 1.165) is 28.9 Å². The van der Waals surface area contributed by atoms with Gasteiger partial charge in [0.25, 0.3) is 0 Å². The summed E-state index contributed by atoms with van der Waals surface area (Å²) in [5.74, 6) is 0.0686. The van der Waals surface area contributed by atoms with Gasteiger partial charge in [0.05, 0.1) is 10.8 Å².